The van der Waals surface area contributed by atoms with Crippen LogP contribution >= 0.6 is 23.6 Å². The first kappa shape index (κ1) is 21.6. The van der Waals surface area contributed by atoms with Crippen LogP contribution in [0.2, 0.25) is 0 Å². The summed E-state index contributed by atoms with van der Waals surface area (Å²) in [6, 6.07) is 0. The average Bonchev–Trinajstić information content (AvgIpc) is 2.97. The van der Waals surface area contributed by atoms with Crippen LogP contribution in [0.4, 0.5) is 5.00 Å². The van der Waals surface area contributed by atoms with E-state index >= 15 is 0 Å². The van der Waals surface area contributed by atoms with E-state index in [9.17, 15) is 9.59 Å². The maximum atomic E-state index is 12.8. The quantitative estimate of drug-likeness (QED) is 0.588. The van der Waals surface area contributed by atoms with E-state index in [1.165, 1.54) is 24.9 Å². The fourth-order valence-electron chi connectivity index (χ4n) is 3.36. The van der Waals surface area contributed by atoms with Crippen molar-refractivity contribution >= 4 is 45.5 Å². The zero-order valence-corrected chi connectivity index (χ0v) is 18.4. The van der Waals surface area contributed by atoms with Crippen LogP contribution in [0, 0.1) is 12.8 Å². The Kier molecular flexibility index (Phi) is 7.61. The number of likely N-dealkylation sites (tertiary alicyclic amines) is 1. The number of rotatable bonds is 5. The molecule has 8 heteroatoms. The molecule has 1 amide bonds. The zero-order chi connectivity index (χ0) is 20.1. The number of hydrogen-bond donors (Lipinski definition) is 1. The molecule has 0 aromatic carbocycles. The van der Waals surface area contributed by atoms with E-state index in [4.69, 9.17) is 17.0 Å². The number of nitrogens with zero attached hydrogens (tertiary/aromatic N) is 2. The molecule has 6 nitrogen and oxygen atoms in total. The third-order valence-corrected chi connectivity index (χ3v) is 6.50. The highest BCUT2D eigenvalue weighted by atomic mass is 32.1. The standard InChI is InChI=1S/C19H29N3O3S2/c1-6-21(7-2)17(23)15-13(4)14(18(24)25-5)16(27-15)20-19(26)22-10-8-9-12(3)11-22/h12H,6-11H2,1-5H3,(H,20,26). The Balaban J connectivity index is 2.34. The summed E-state index contributed by atoms with van der Waals surface area (Å²) in [5.41, 5.74) is 1.03. The average molecular weight is 412 g/mol. The number of esters is 1. The molecule has 1 aromatic heterocycles. The Morgan fingerprint density at radius 1 is 1.37 bits per heavy atom. The minimum Gasteiger partial charge on any atom is -0.465 e. The van der Waals surface area contributed by atoms with Crippen LogP contribution in [0.25, 0.3) is 0 Å². The van der Waals surface area contributed by atoms with Crippen LogP contribution in [-0.4, -0.2) is 60.1 Å². The van der Waals surface area contributed by atoms with Crippen molar-refractivity contribution in [3.05, 3.63) is 16.0 Å². The summed E-state index contributed by atoms with van der Waals surface area (Å²) in [6.45, 7) is 10.9. The lowest BCUT2D eigenvalue weighted by Crippen LogP contribution is -2.41. The smallest absolute Gasteiger partial charge is 0.341 e. The van der Waals surface area contributed by atoms with Gasteiger partial charge in [0.2, 0.25) is 0 Å². The van der Waals surface area contributed by atoms with E-state index < -0.39 is 5.97 Å². The second-order valence-corrected chi connectivity index (χ2v) is 8.26. The van der Waals surface area contributed by atoms with Gasteiger partial charge in [-0.1, -0.05) is 6.92 Å². The van der Waals surface area contributed by atoms with E-state index in [2.05, 4.69) is 17.1 Å². The van der Waals surface area contributed by atoms with Gasteiger partial charge < -0.3 is 19.9 Å². The highest BCUT2D eigenvalue weighted by Gasteiger charge is 2.28. The number of ether oxygens (including phenoxy) is 1. The van der Waals surface area contributed by atoms with Crippen molar-refractivity contribution < 1.29 is 14.3 Å². The van der Waals surface area contributed by atoms with Crippen LogP contribution in [0.15, 0.2) is 0 Å². The molecule has 150 valence electrons. The second-order valence-electron chi connectivity index (χ2n) is 6.85. The molecule has 1 saturated heterocycles. The van der Waals surface area contributed by atoms with E-state index in [1.807, 2.05) is 13.8 Å². The molecule has 1 unspecified atom stereocenters. The van der Waals surface area contributed by atoms with Gasteiger partial charge in [0.1, 0.15) is 5.00 Å². The monoisotopic (exact) mass is 411 g/mol. The number of carbonyl (C=O) groups excluding carboxylic acids is 2. The molecule has 1 N–H and O–H groups in total. The Bertz CT molecular complexity index is 713. The van der Waals surface area contributed by atoms with Crippen molar-refractivity contribution in [2.75, 3.05) is 38.6 Å². The van der Waals surface area contributed by atoms with Crippen molar-refractivity contribution in [3.63, 3.8) is 0 Å². The number of piperidine rings is 1. The third-order valence-electron chi connectivity index (χ3n) is 4.95. The largest absolute Gasteiger partial charge is 0.465 e. The molecule has 0 aliphatic carbocycles. The molecule has 1 aliphatic heterocycles. The number of thiocarbonyl (C=S) groups is 1. The number of methoxy groups -OCH3 is 1. The second kappa shape index (κ2) is 9.50. The SMILES string of the molecule is CCN(CC)C(=O)c1sc(NC(=S)N2CCCC(C)C2)c(C(=O)OC)c1C. The predicted octanol–water partition coefficient (Wildman–Crippen LogP) is 3.75. The number of thiophene rings is 1. The van der Waals surface area contributed by atoms with Gasteiger partial charge in [-0.25, -0.2) is 4.79 Å². The maximum Gasteiger partial charge on any atom is 0.341 e. The molecule has 0 saturated carbocycles. The predicted molar refractivity (Wildman–Crippen MR) is 114 cm³/mol. The fraction of sp³-hybridized carbons (Fsp3) is 0.632. The molecule has 1 atom stereocenters. The molecule has 0 bridgehead atoms. The summed E-state index contributed by atoms with van der Waals surface area (Å²) >= 11 is 6.85. The molecule has 1 aliphatic rings. The summed E-state index contributed by atoms with van der Waals surface area (Å²) in [7, 11) is 1.35. The van der Waals surface area contributed by atoms with E-state index in [-0.39, 0.29) is 5.91 Å². The molecule has 2 heterocycles. The molecule has 0 radical (unpaired) electrons. The van der Waals surface area contributed by atoms with E-state index in [0.717, 1.165) is 19.5 Å². The van der Waals surface area contributed by atoms with Crippen molar-refractivity contribution in [1.82, 2.24) is 9.80 Å². The van der Waals surface area contributed by atoms with Crippen LogP contribution in [0.5, 0.6) is 0 Å². The van der Waals surface area contributed by atoms with Gasteiger partial charge in [-0.2, -0.15) is 0 Å². The number of hydrogen-bond acceptors (Lipinski definition) is 5. The molecule has 2 rings (SSSR count). The van der Waals surface area contributed by atoms with Crippen LogP contribution < -0.4 is 5.32 Å². The Labute approximate surface area is 170 Å². The molecule has 0 spiro atoms. The number of amides is 1. The summed E-state index contributed by atoms with van der Waals surface area (Å²) in [4.78, 5) is 29.6. The first-order chi connectivity index (χ1) is 12.8. The first-order valence-electron chi connectivity index (χ1n) is 9.40. The molecular formula is C19H29N3O3S2. The minimum absolute atomic E-state index is 0.0711. The van der Waals surface area contributed by atoms with Gasteiger partial charge in [0.15, 0.2) is 5.11 Å². The molecule has 27 heavy (non-hydrogen) atoms. The van der Waals surface area contributed by atoms with Crippen LogP contribution in [0.3, 0.4) is 0 Å². The van der Waals surface area contributed by atoms with Gasteiger partial charge in [-0.3, -0.25) is 4.79 Å². The Morgan fingerprint density at radius 3 is 2.59 bits per heavy atom. The summed E-state index contributed by atoms with van der Waals surface area (Å²) in [6.07, 6.45) is 2.30. The molecular weight excluding hydrogens is 382 g/mol. The van der Waals surface area contributed by atoms with E-state index in [0.29, 0.717) is 45.1 Å². The fourth-order valence-corrected chi connectivity index (χ4v) is 4.85. The third kappa shape index (κ3) is 4.79. The van der Waals surface area contributed by atoms with Gasteiger partial charge in [-0.15, -0.1) is 11.3 Å². The maximum absolute atomic E-state index is 12.8. The Morgan fingerprint density at radius 2 is 2.04 bits per heavy atom. The lowest BCUT2D eigenvalue weighted by Gasteiger charge is -2.32. The van der Waals surface area contributed by atoms with Crippen molar-refractivity contribution in [2.24, 2.45) is 5.92 Å². The summed E-state index contributed by atoms with van der Waals surface area (Å²) in [5.74, 6) is 0.0568. The normalized spacial score (nSPS) is 16.8. The van der Waals surface area contributed by atoms with Crippen LogP contribution in [0.1, 0.15) is 59.2 Å². The van der Waals surface area contributed by atoms with Gasteiger partial charge >= 0.3 is 5.97 Å². The number of carbonyl (C=O) groups is 2. The van der Waals surface area contributed by atoms with Gasteiger partial charge in [0, 0.05) is 26.2 Å². The lowest BCUT2D eigenvalue weighted by molar-refractivity contribution is 0.0601. The van der Waals surface area contributed by atoms with Gasteiger partial charge in [0.05, 0.1) is 17.6 Å². The Hall–Kier alpha value is -1.67. The highest BCUT2D eigenvalue weighted by molar-refractivity contribution is 7.80. The number of nitrogens with one attached hydrogen (secondary N) is 1. The zero-order valence-electron chi connectivity index (χ0n) is 16.8. The van der Waals surface area contributed by atoms with Crippen molar-refractivity contribution in [3.8, 4) is 0 Å². The molecule has 1 aromatic rings. The van der Waals surface area contributed by atoms with Crippen LogP contribution in [-0.2, 0) is 4.74 Å². The topological polar surface area (TPSA) is 61.9 Å². The minimum atomic E-state index is -0.459. The van der Waals surface area contributed by atoms with Gasteiger partial charge in [0.25, 0.3) is 5.91 Å². The number of anilines is 1. The van der Waals surface area contributed by atoms with Crippen molar-refractivity contribution in [1.29, 1.82) is 0 Å². The summed E-state index contributed by atoms with van der Waals surface area (Å²) in [5, 5.41) is 4.39. The molecule has 1 fully saturated rings. The van der Waals surface area contributed by atoms with Gasteiger partial charge in [-0.05, 0) is 57.3 Å². The first-order valence-corrected chi connectivity index (χ1v) is 10.6. The van der Waals surface area contributed by atoms with E-state index in [1.54, 1.807) is 11.8 Å². The van der Waals surface area contributed by atoms with Crippen molar-refractivity contribution in [2.45, 2.75) is 40.5 Å². The summed E-state index contributed by atoms with van der Waals surface area (Å²) < 4.78 is 4.95. The highest BCUT2D eigenvalue weighted by Crippen LogP contribution is 2.35. The lowest BCUT2D eigenvalue weighted by atomic mass is 10.0.